The van der Waals surface area contributed by atoms with Gasteiger partial charge >= 0.3 is 93.1 Å². The maximum atomic E-state index is 11.5. The number of hydrogen-bond donors (Lipinski definition) is 0. The first-order valence-corrected chi connectivity index (χ1v) is 6.24. The Morgan fingerprint density at radius 1 is 1.33 bits per heavy atom. The Labute approximate surface area is 93.4 Å². The maximum absolute atomic E-state index is 11.5. The molecule has 1 aromatic heterocycles. The van der Waals surface area contributed by atoms with Crippen LogP contribution in [0.2, 0.25) is 0 Å². The van der Waals surface area contributed by atoms with E-state index in [2.05, 4.69) is 0 Å². The molecule has 3 nitrogen and oxygen atoms in total. The van der Waals surface area contributed by atoms with Crippen LogP contribution in [0.3, 0.4) is 0 Å². The van der Waals surface area contributed by atoms with Crippen molar-refractivity contribution in [2.24, 2.45) is 0 Å². The molecule has 0 amide bonds. The standard InChI is InChI=1S/C11H10O3Se/c1-13-7-3-4-10-8(5-7)9(6-15-10)11(12)14-2/h3-6H,1-2H3. The van der Waals surface area contributed by atoms with Gasteiger partial charge in [0.2, 0.25) is 0 Å². The molecule has 0 aliphatic carbocycles. The molecule has 0 saturated carbocycles. The molecular formula is C11H10O3Se. The molecule has 78 valence electrons. The van der Waals surface area contributed by atoms with E-state index in [0.717, 1.165) is 11.1 Å². The predicted molar refractivity (Wildman–Crippen MR) is 58.8 cm³/mol. The first-order valence-electron chi connectivity index (χ1n) is 4.40. The Hall–Kier alpha value is -1.25. The molecular weight excluding hydrogens is 259 g/mol. The van der Waals surface area contributed by atoms with Crippen LogP contribution in [0.5, 0.6) is 5.75 Å². The van der Waals surface area contributed by atoms with E-state index in [0.29, 0.717) is 5.56 Å². The number of benzene rings is 1. The second kappa shape index (κ2) is 4.09. The summed E-state index contributed by atoms with van der Waals surface area (Å²) < 4.78 is 11.1. The molecule has 4 heteroatoms. The summed E-state index contributed by atoms with van der Waals surface area (Å²) in [7, 11) is 3.01. The molecule has 0 aliphatic rings. The Morgan fingerprint density at radius 3 is 2.80 bits per heavy atom. The zero-order valence-electron chi connectivity index (χ0n) is 8.44. The van der Waals surface area contributed by atoms with Crippen LogP contribution in [0, 0.1) is 0 Å². The molecule has 0 spiro atoms. The average Bonchev–Trinajstić information content (AvgIpc) is 2.70. The van der Waals surface area contributed by atoms with Crippen LogP contribution in [0.15, 0.2) is 23.1 Å². The van der Waals surface area contributed by atoms with Gasteiger partial charge in [-0.1, -0.05) is 0 Å². The van der Waals surface area contributed by atoms with Crippen molar-refractivity contribution in [1.82, 2.24) is 0 Å². The summed E-state index contributed by atoms with van der Waals surface area (Å²) in [6.07, 6.45) is 0. The van der Waals surface area contributed by atoms with Crippen molar-refractivity contribution in [3.8, 4) is 5.75 Å². The molecule has 15 heavy (non-hydrogen) atoms. The molecule has 0 atom stereocenters. The van der Waals surface area contributed by atoms with E-state index in [9.17, 15) is 4.79 Å². The number of carbonyl (C=O) groups is 1. The number of ether oxygens (including phenoxy) is 2. The van der Waals surface area contributed by atoms with Crippen LogP contribution >= 0.6 is 0 Å². The van der Waals surface area contributed by atoms with Gasteiger partial charge in [0.1, 0.15) is 0 Å². The average molecular weight is 269 g/mol. The molecule has 0 unspecified atom stereocenters. The van der Waals surface area contributed by atoms with Gasteiger partial charge < -0.3 is 0 Å². The minimum atomic E-state index is -0.274. The normalized spacial score (nSPS) is 10.3. The van der Waals surface area contributed by atoms with E-state index < -0.39 is 0 Å². The fraction of sp³-hybridized carbons (Fsp3) is 0.182. The summed E-state index contributed by atoms with van der Waals surface area (Å²) >= 11 is 0.227. The summed E-state index contributed by atoms with van der Waals surface area (Å²) in [6.45, 7) is 0. The summed E-state index contributed by atoms with van der Waals surface area (Å²) in [6, 6.07) is 5.79. The molecule has 2 rings (SSSR count). The van der Waals surface area contributed by atoms with Crippen LogP contribution in [-0.4, -0.2) is 34.7 Å². The van der Waals surface area contributed by atoms with Crippen LogP contribution < -0.4 is 4.74 Å². The summed E-state index contributed by atoms with van der Waals surface area (Å²) in [5, 5.41) is 0.946. The van der Waals surface area contributed by atoms with E-state index in [1.165, 1.54) is 11.4 Å². The van der Waals surface area contributed by atoms with Gasteiger partial charge in [0, 0.05) is 0 Å². The first kappa shape index (κ1) is 10.3. The second-order valence-electron chi connectivity index (χ2n) is 3.00. The summed E-state index contributed by atoms with van der Waals surface area (Å²) in [5.41, 5.74) is 0.659. The number of carbonyl (C=O) groups excluding carboxylic acids is 1. The fourth-order valence-corrected chi connectivity index (χ4v) is 3.31. The molecule has 0 fully saturated rings. The summed E-state index contributed by atoms with van der Waals surface area (Å²) in [5.74, 6) is 0.491. The monoisotopic (exact) mass is 270 g/mol. The van der Waals surface area contributed by atoms with E-state index in [1.54, 1.807) is 7.11 Å². The molecule has 2 aromatic rings. The number of esters is 1. The Bertz CT molecular complexity index is 502. The van der Waals surface area contributed by atoms with Crippen molar-refractivity contribution in [3.63, 3.8) is 0 Å². The van der Waals surface area contributed by atoms with E-state index in [1.807, 2.05) is 23.1 Å². The molecule has 0 N–H and O–H groups in total. The predicted octanol–water partition coefficient (Wildman–Crippen LogP) is 1.69. The Kier molecular flexibility index (Phi) is 2.80. The van der Waals surface area contributed by atoms with Crippen molar-refractivity contribution in [1.29, 1.82) is 0 Å². The van der Waals surface area contributed by atoms with Crippen molar-refractivity contribution in [3.05, 3.63) is 28.7 Å². The van der Waals surface area contributed by atoms with Gasteiger partial charge in [0.15, 0.2) is 0 Å². The van der Waals surface area contributed by atoms with Crippen LogP contribution in [-0.2, 0) is 4.74 Å². The number of methoxy groups -OCH3 is 2. The molecule has 0 bridgehead atoms. The van der Waals surface area contributed by atoms with Gasteiger partial charge in [-0.15, -0.1) is 0 Å². The van der Waals surface area contributed by atoms with Gasteiger partial charge in [-0.3, -0.25) is 0 Å². The van der Waals surface area contributed by atoms with E-state index in [-0.39, 0.29) is 20.5 Å². The number of hydrogen-bond acceptors (Lipinski definition) is 3. The summed E-state index contributed by atoms with van der Waals surface area (Å²) in [4.78, 5) is 13.4. The zero-order valence-corrected chi connectivity index (χ0v) is 10.2. The second-order valence-corrected chi connectivity index (χ2v) is 4.91. The number of rotatable bonds is 2. The molecule has 1 heterocycles. The van der Waals surface area contributed by atoms with E-state index in [4.69, 9.17) is 9.47 Å². The molecule has 1 aromatic carbocycles. The van der Waals surface area contributed by atoms with Gasteiger partial charge in [-0.2, -0.15) is 0 Å². The third-order valence-electron chi connectivity index (χ3n) is 2.19. The van der Waals surface area contributed by atoms with Gasteiger partial charge in [0.25, 0.3) is 0 Å². The number of fused-ring (bicyclic) bond motifs is 1. The van der Waals surface area contributed by atoms with Crippen molar-refractivity contribution in [2.75, 3.05) is 14.2 Å². The Morgan fingerprint density at radius 2 is 2.13 bits per heavy atom. The van der Waals surface area contributed by atoms with Crippen molar-refractivity contribution in [2.45, 2.75) is 0 Å². The van der Waals surface area contributed by atoms with Crippen molar-refractivity contribution >= 4 is 30.1 Å². The first-order chi connectivity index (χ1) is 7.26. The quantitative estimate of drug-likeness (QED) is 0.615. The van der Waals surface area contributed by atoms with Crippen LogP contribution in [0.4, 0.5) is 0 Å². The Balaban J connectivity index is 2.61. The fourth-order valence-electron chi connectivity index (χ4n) is 1.40. The van der Waals surface area contributed by atoms with Gasteiger partial charge in [0.05, 0.1) is 0 Å². The zero-order chi connectivity index (χ0) is 10.8. The topological polar surface area (TPSA) is 35.5 Å². The van der Waals surface area contributed by atoms with Crippen LogP contribution in [0.25, 0.3) is 9.65 Å². The minimum absolute atomic E-state index is 0.227. The van der Waals surface area contributed by atoms with Crippen LogP contribution in [0.1, 0.15) is 10.4 Å². The molecule has 0 saturated heterocycles. The third-order valence-corrected chi connectivity index (χ3v) is 4.21. The van der Waals surface area contributed by atoms with Gasteiger partial charge in [-0.05, 0) is 0 Å². The third kappa shape index (κ3) is 1.78. The van der Waals surface area contributed by atoms with E-state index >= 15 is 0 Å². The SMILES string of the molecule is COC(=O)c1c[se]c2ccc(OC)cc12. The molecule has 0 radical (unpaired) electrons. The van der Waals surface area contributed by atoms with Crippen molar-refractivity contribution < 1.29 is 14.3 Å². The van der Waals surface area contributed by atoms with Gasteiger partial charge in [-0.25, -0.2) is 0 Å². The molecule has 0 aliphatic heterocycles.